The predicted octanol–water partition coefficient (Wildman–Crippen LogP) is 3.58. The maximum atomic E-state index is 12.6. The number of hydrogen-bond donors (Lipinski definition) is 3. The molecule has 0 saturated heterocycles. The Balaban J connectivity index is 1.93. The minimum atomic E-state index is -4.38. The normalized spacial score (nSPS) is 15.1. The summed E-state index contributed by atoms with van der Waals surface area (Å²) in [4.78, 5) is 11.5. The highest BCUT2D eigenvalue weighted by Gasteiger charge is 2.30. The van der Waals surface area contributed by atoms with Gasteiger partial charge < -0.3 is 15.9 Å². The summed E-state index contributed by atoms with van der Waals surface area (Å²) in [5.41, 5.74) is 6.50. The van der Waals surface area contributed by atoms with E-state index in [-0.39, 0.29) is 6.42 Å². The molecule has 0 aliphatic heterocycles. The summed E-state index contributed by atoms with van der Waals surface area (Å²) in [5, 5.41) is 19.7. The molecule has 0 bridgehead atoms. The number of aliphatic hydroxyl groups is 1. The Labute approximate surface area is 155 Å². The van der Waals surface area contributed by atoms with Gasteiger partial charge in [0.25, 0.3) is 0 Å². The Hall–Kier alpha value is -2.38. The first-order chi connectivity index (χ1) is 12.7. The third kappa shape index (κ3) is 6.08. The van der Waals surface area contributed by atoms with Gasteiger partial charge in [-0.2, -0.15) is 13.2 Å². The Morgan fingerprint density at radius 2 is 1.63 bits per heavy atom. The van der Waals surface area contributed by atoms with Crippen molar-refractivity contribution in [2.75, 3.05) is 0 Å². The molecule has 2 rings (SSSR count). The van der Waals surface area contributed by atoms with E-state index >= 15 is 0 Å². The lowest BCUT2D eigenvalue weighted by Crippen LogP contribution is -2.37. The summed E-state index contributed by atoms with van der Waals surface area (Å²) >= 11 is 0. The van der Waals surface area contributed by atoms with E-state index in [2.05, 4.69) is 0 Å². The van der Waals surface area contributed by atoms with Crippen LogP contribution in [0.15, 0.2) is 54.6 Å². The second kappa shape index (κ2) is 9.01. The first-order valence-electron chi connectivity index (χ1n) is 8.56. The fraction of sp³-hybridized carbons (Fsp3) is 0.350. The number of halogens is 3. The van der Waals surface area contributed by atoms with Crippen molar-refractivity contribution in [3.63, 3.8) is 0 Å². The number of carboxylic acid groups (broad SMARTS) is 1. The lowest BCUT2D eigenvalue weighted by Gasteiger charge is -2.22. The van der Waals surface area contributed by atoms with Crippen molar-refractivity contribution in [2.24, 2.45) is 5.73 Å². The number of carboxylic acids is 1. The highest BCUT2D eigenvalue weighted by atomic mass is 19.4. The van der Waals surface area contributed by atoms with Crippen LogP contribution in [-0.2, 0) is 17.4 Å². The highest BCUT2D eigenvalue weighted by molar-refractivity contribution is 5.76. The van der Waals surface area contributed by atoms with Crippen LogP contribution < -0.4 is 5.73 Å². The molecular formula is C20H22F3NO3. The summed E-state index contributed by atoms with van der Waals surface area (Å²) < 4.78 is 37.7. The molecule has 0 saturated carbocycles. The van der Waals surface area contributed by atoms with Crippen LogP contribution in [0.4, 0.5) is 13.2 Å². The molecule has 2 aromatic rings. The molecule has 3 atom stereocenters. The van der Waals surface area contributed by atoms with Crippen LogP contribution in [0, 0.1) is 0 Å². The van der Waals surface area contributed by atoms with Crippen molar-refractivity contribution in [2.45, 2.75) is 43.5 Å². The molecule has 0 aliphatic rings. The van der Waals surface area contributed by atoms with E-state index in [4.69, 9.17) is 5.73 Å². The van der Waals surface area contributed by atoms with Gasteiger partial charge in [0.1, 0.15) is 0 Å². The largest absolute Gasteiger partial charge is 0.481 e. The number of nitrogens with two attached hydrogens (primary N) is 1. The van der Waals surface area contributed by atoms with Crippen molar-refractivity contribution in [1.82, 2.24) is 0 Å². The standard InChI is InChI=1S/C20H22F3NO3/c21-20(22,23)15-9-6-13(7-10-15)8-11-17(24)18(25)12-16(19(26)27)14-4-2-1-3-5-14/h1-7,9-10,16-18,25H,8,11-12,24H2,(H,26,27). The van der Waals surface area contributed by atoms with Crippen LogP contribution in [0.25, 0.3) is 0 Å². The molecule has 0 spiro atoms. The van der Waals surface area contributed by atoms with Crippen molar-refractivity contribution in [3.05, 3.63) is 71.3 Å². The van der Waals surface area contributed by atoms with E-state index in [0.717, 1.165) is 12.1 Å². The molecule has 0 heterocycles. The van der Waals surface area contributed by atoms with Crippen LogP contribution >= 0.6 is 0 Å². The Bertz CT molecular complexity index is 732. The zero-order valence-corrected chi connectivity index (χ0v) is 14.6. The van der Waals surface area contributed by atoms with Crippen molar-refractivity contribution in [1.29, 1.82) is 0 Å². The minimum absolute atomic E-state index is 0.0342. The average molecular weight is 381 g/mol. The first kappa shape index (κ1) is 20.9. The van der Waals surface area contributed by atoms with Crippen molar-refractivity contribution in [3.8, 4) is 0 Å². The number of rotatable bonds is 8. The SMILES string of the molecule is NC(CCc1ccc(C(F)(F)F)cc1)C(O)CC(C(=O)O)c1ccccc1. The summed E-state index contributed by atoms with van der Waals surface area (Å²) in [5.74, 6) is -1.92. The zero-order valence-electron chi connectivity index (χ0n) is 14.6. The van der Waals surface area contributed by atoms with Gasteiger partial charge in [0.2, 0.25) is 0 Å². The molecule has 2 aromatic carbocycles. The maximum Gasteiger partial charge on any atom is 0.416 e. The molecule has 4 nitrogen and oxygen atoms in total. The third-order valence-corrected chi connectivity index (χ3v) is 4.52. The fourth-order valence-corrected chi connectivity index (χ4v) is 2.87. The quantitative estimate of drug-likeness (QED) is 0.653. The van der Waals surface area contributed by atoms with Crippen LogP contribution in [0.1, 0.15) is 35.4 Å². The topological polar surface area (TPSA) is 83.5 Å². The van der Waals surface area contributed by atoms with Gasteiger partial charge in [0.05, 0.1) is 17.6 Å². The van der Waals surface area contributed by atoms with E-state index in [1.165, 1.54) is 12.1 Å². The maximum absolute atomic E-state index is 12.6. The monoisotopic (exact) mass is 381 g/mol. The van der Waals surface area contributed by atoms with E-state index < -0.39 is 35.8 Å². The summed E-state index contributed by atoms with van der Waals surface area (Å²) in [6, 6.07) is 12.7. The third-order valence-electron chi connectivity index (χ3n) is 4.52. The van der Waals surface area contributed by atoms with Gasteiger partial charge >= 0.3 is 12.1 Å². The van der Waals surface area contributed by atoms with Gasteiger partial charge in [0.15, 0.2) is 0 Å². The van der Waals surface area contributed by atoms with Gasteiger partial charge in [-0.3, -0.25) is 4.79 Å². The number of hydrogen-bond acceptors (Lipinski definition) is 3. The molecule has 0 fully saturated rings. The average Bonchev–Trinajstić information content (AvgIpc) is 2.64. The fourth-order valence-electron chi connectivity index (χ4n) is 2.87. The molecule has 0 aliphatic carbocycles. The Kier molecular flexibility index (Phi) is 6.98. The van der Waals surface area contributed by atoms with Gasteiger partial charge in [-0.1, -0.05) is 42.5 Å². The van der Waals surface area contributed by atoms with Crippen LogP contribution in [0.2, 0.25) is 0 Å². The van der Waals surface area contributed by atoms with E-state index in [1.54, 1.807) is 30.3 Å². The molecular weight excluding hydrogens is 359 g/mol. The van der Waals surface area contributed by atoms with Gasteiger partial charge in [0, 0.05) is 6.04 Å². The van der Waals surface area contributed by atoms with Crippen molar-refractivity contribution >= 4 is 5.97 Å². The highest BCUT2D eigenvalue weighted by Crippen LogP contribution is 2.29. The van der Waals surface area contributed by atoms with E-state index in [9.17, 15) is 28.2 Å². The molecule has 3 unspecified atom stereocenters. The van der Waals surface area contributed by atoms with E-state index in [1.807, 2.05) is 0 Å². The van der Waals surface area contributed by atoms with Gasteiger partial charge in [-0.25, -0.2) is 0 Å². The van der Waals surface area contributed by atoms with Crippen LogP contribution in [-0.4, -0.2) is 28.3 Å². The number of aliphatic carboxylic acids is 1. The molecule has 0 amide bonds. The zero-order chi connectivity index (χ0) is 20.0. The number of carbonyl (C=O) groups is 1. The number of alkyl halides is 3. The minimum Gasteiger partial charge on any atom is -0.481 e. The predicted molar refractivity (Wildman–Crippen MR) is 95.2 cm³/mol. The molecule has 146 valence electrons. The lowest BCUT2D eigenvalue weighted by molar-refractivity contribution is -0.140. The lowest BCUT2D eigenvalue weighted by atomic mass is 9.89. The molecule has 0 aromatic heterocycles. The second-order valence-corrected chi connectivity index (χ2v) is 6.50. The molecule has 0 radical (unpaired) electrons. The van der Waals surface area contributed by atoms with Gasteiger partial charge in [-0.15, -0.1) is 0 Å². The first-order valence-corrected chi connectivity index (χ1v) is 8.56. The molecule has 7 heteroatoms. The number of benzene rings is 2. The summed E-state index contributed by atoms with van der Waals surface area (Å²) in [6.07, 6.45) is -4.74. The summed E-state index contributed by atoms with van der Waals surface area (Å²) in [6.45, 7) is 0. The number of aliphatic hydroxyl groups excluding tert-OH is 1. The summed E-state index contributed by atoms with van der Waals surface area (Å²) in [7, 11) is 0. The Morgan fingerprint density at radius 3 is 2.15 bits per heavy atom. The molecule has 27 heavy (non-hydrogen) atoms. The smallest absolute Gasteiger partial charge is 0.416 e. The molecule has 4 N–H and O–H groups in total. The van der Waals surface area contributed by atoms with Gasteiger partial charge in [-0.05, 0) is 42.5 Å². The Morgan fingerprint density at radius 1 is 1.04 bits per heavy atom. The second-order valence-electron chi connectivity index (χ2n) is 6.50. The number of aryl methyl sites for hydroxylation is 1. The van der Waals surface area contributed by atoms with Crippen LogP contribution in [0.3, 0.4) is 0 Å². The van der Waals surface area contributed by atoms with Crippen LogP contribution in [0.5, 0.6) is 0 Å². The van der Waals surface area contributed by atoms with Crippen molar-refractivity contribution < 1.29 is 28.2 Å². The van der Waals surface area contributed by atoms with E-state index in [0.29, 0.717) is 24.0 Å².